The highest BCUT2D eigenvalue weighted by molar-refractivity contribution is 7.80. The molecule has 0 aromatic carbocycles. The standard InChI is InChI=1S/C12H25N3O2S/c1-10(2)15(8-9-16)7-5-12(17)14(3)6-4-11(13)18/h10,16H,4-9H2,1-3H3,(H2,13,18). The Morgan fingerprint density at radius 2 is 1.89 bits per heavy atom. The third-order valence-corrected chi connectivity index (χ3v) is 3.05. The quantitative estimate of drug-likeness (QED) is 0.589. The Bertz CT molecular complexity index is 272. The van der Waals surface area contributed by atoms with Gasteiger partial charge in [-0.15, -0.1) is 0 Å². The molecule has 3 N–H and O–H groups in total. The fourth-order valence-electron chi connectivity index (χ4n) is 1.59. The average molecular weight is 275 g/mol. The SMILES string of the molecule is CC(C)N(CCO)CCC(=O)N(C)CCC(N)=S. The van der Waals surface area contributed by atoms with Gasteiger partial charge in [0.15, 0.2) is 0 Å². The fourth-order valence-corrected chi connectivity index (χ4v) is 1.68. The number of thiocarbonyl (C=S) groups is 1. The maximum atomic E-state index is 11.8. The van der Waals surface area contributed by atoms with E-state index in [1.165, 1.54) is 0 Å². The number of hydrogen-bond acceptors (Lipinski definition) is 4. The second-order valence-corrected chi connectivity index (χ2v) is 5.16. The van der Waals surface area contributed by atoms with Crippen LogP contribution in [0.25, 0.3) is 0 Å². The van der Waals surface area contributed by atoms with Gasteiger partial charge in [0.05, 0.1) is 11.6 Å². The summed E-state index contributed by atoms with van der Waals surface area (Å²) in [5, 5.41) is 8.94. The second-order valence-electron chi connectivity index (χ2n) is 4.63. The minimum absolute atomic E-state index is 0.0786. The first-order valence-corrected chi connectivity index (χ1v) is 6.66. The molecule has 0 spiro atoms. The lowest BCUT2D eigenvalue weighted by Gasteiger charge is -2.26. The first-order chi connectivity index (χ1) is 8.38. The summed E-state index contributed by atoms with van der Waals surface area (Å²) in [5.74, 6) is 0.0786. The van der Waals surface area contributed by atoms with Gasteiger partial charge in [0.25, 0.3) is 0 Å². The Hall–Kier alpha value is -0.720. The van der Waals surface area contributed by atoms with Crippen molar-refractivity contribution < 1.29 is 9.90 Å². The molecule has 0 bridgehead atoms. The van der Waals surface area contributed by atoms with Gasteiger partial charge in [-0.25, -0.2) is 0 Å². The van der Waals surface area contributed by atoms with E-state index in [2.05, 4.69) is 18.7 Å². The Balaban J connectivity index is 4.02. The molecule has 0 saturated heterocycles. The van der Waals surface area contributed by atoms with Crippen LogP contribution in [0.3, 0.4) is 0 Å². The monoisotopic (exact) mass is 275 g/mol. The molecule has 0 aromatic rings. The van der Waals surface area contributed by atoms with Crippen LogP contribution < -0.4 is 5.73 Å². The topological polar surface area (TPSA) is 69.8 Å². The zero-order chi connectivity index (χ0) is 14.1. The minimum Gasteiger partial charge on any atom is -0.395 e. The molecule has 0 fully saturated rings. The molecular formula is C12H25N3O2S. The van der Waals surface area contributed by atoms with Crippen molar-refractivity contribution in [2.75, 3.05) is 33.3 Å². The summed E-state index contributed by atoms with van der Waals surface area (Å²) >= 11 is 4.78. The second kappa shape index (κ2) is 9.24. The van der Waals surface area contributed by atoms with Crippen LogP contribution in [0.1, 0.15) is 26.7 Å². The van der Waals surface area contributed by atoms with Crippen LogP contribution in [0, 0.1) is 0 Å². The number of nitrogens with two attached hydrogens (primary N) is 1. The molecular weight excluding hydrogens is 250 g/mol. The predicted molar refractivity (Wildman–Crippen MR) is 77.5 cm³/mol. The van der Waals surface area contributed by atoms with E-state index >= 15 is 0 Å². The average Bonchev–Trinajstić information content (AvgIpc) is 2.30. The molecule has 0 atom stereocenters. The van der Waals surface area contributed by atoms with E-state index in [4.69, 9.17) is 23.1 Å². The highest BCUT2D eigenvalue weighted by Gasteiger charge is 2.13. The number of carbonyl (C=O) groups excluding carboxylic acids is 1. The van der Waals surface area contributed by atoms with Crippen LogP contribution in [-0.2, 0) is 4.79 Å². The normalized spacial score (nSPS) is 11.0. The Kier molecular flexibility index (Phi) is 8.87. The van der Waals surface area contributed by atoms with Gasteiger partial charge in [0, 0.05) is 45.6 Å². The third kappa shape index (κ3) is 7.58. The maximum Gasteiger partial charge on any atom is 0.223 e. The molecule has 0 saturated carbocycles. The van der Waals surface area contributed by atoms with Crippen molar-refractivity contribution in [3.63, 3.8) is 0 Å². The molecule has 0 rings (SSSR count). The fraction of sp³-hybridized carbons (Fsp3) is 0.833. The zero-order valence-electron chi connectivity index (χ0n) is 11.6. The van der Waals surface area contributed by atoms with E-state index in [0.29, 0.717) is 43.5 Å². The van der Waals surface area contributed by atoms with Crippen LogP contribution in [0.2, 0.25) is 0 Å². The van der Waals surface area contributed by atoms with Crippen molar-refractivity contribution in [2.24, 2.45) is 5.73 Å². The molecule has 0 aromatic heterocycles. The molecule has 106 valence electrons. The third-order valence-electron chi connectivity index (χ3n) is 2.85. The summed E-state index contributed by atoms with van der Waals surface area (Å²) in [4.78, 5) is 16.0. The number of carbonyl (C=O) groups is 1. The number of hydrogen-bond donors (Lipinski definition) is 2. The molecule has 0 aliphatic carbocycles. The van der Waals surface area contributed by atoms with Gasteiger partial charge < -0.3 is 15.7 Å². The number of aliphatic hydroxyl groups excluding tert-OH is 1. The van der Waals surface area contributed by atoms with Crippen LogP contribution >= 0.6 is 12.2 Å². The largest absolute Gasteiger partial charge is 0.395 e. The predicted octanol–water partition coefficient (Wildman–Crippen LogP) is 0.214. The van der Waals surface area contributed by atoms with Crippen molar-refractivity contribution in [1.82, 2.24) is 9.80 Å². The lowest BCUT2D eigenvalue weighted by molar-refractivity contribution is -0.130. The minimum atomic E-state index is 0.0786. The number of amides is 1. The summed E-state index contributed by atoms with van der Waals surface area (Å²) in [6.45, 7) is 6.04. The summed E-state index contributed by atoms with van der Waals surface area (Å²) in [7, 11) is 1.76. The van der Waals surface area contributed by atoms with Crippen molar-refractivity contribution in [2.45, 2.75) is 32.7 Å². The van der Waals surface area contributed by atoms with Gasteiger partial charge in [-0.1, -0.05) is 12.2 Å². The molecule has 0 unspecified atom stereocenters. The molecule has 0 heterocycles. The van der Waals surface area contributed by atoms with Gasteiger partial charge in [-0.3, -0.25) is 9.69 Å². The number of nitrogens with zero attached hydrogens (tertiary/aromatic N) is 2. The number of aliphatic hydroxyl groups is 1. The van der Waals surface area contributed by atoms with Gasteiger partial charge in [-0.2, -0.15) is 0 Å². The van der Waals surface area contributed by atoms with E-state index in [9.17, 15) is 4.79 Å². The zero-order valence-corrected chi connectivity index (χ0v) is 12.4. The van der Waals surface area contributed by atoms with Crippen LogP contribution in [0.15, 0.2) is 0 Å². The van der Waals surface area contributed by atoms with Gasteiger partial charge in [0.2, 0.25) is 5.91 Å². The molecule has 6 heteroatoms. The Morgan fingerprint density at radius 1 is 1.28 bits per heavy atom. The molecule has 1 amide bonds. The summed E-state index contributed by atoms with van der Waals surface area (Å²) < 4.78 is 0. The van der Waals surface area contributed by atoms with Crippen molar-refractivity contribution >= 4 is 23.1 Å². The Morgan fingerprint density at radius 3 is 2.33 bits per heavy atom. The maximum absolute atomic E-state index is 11.8. The summed E-state index contributed by atoms with van der Waals surface area (Å²) in [6.07, 6.45) is 1.01. The molecule has 5 nitrogen and oxygen atoms in total. The highest BCUT2D eigenvalue weighted by atomic mass is 32.1. The van der Waals surface area contributed by atoms with E-state index in [1.54, 1.807) is 11.9 Å². The summed E-state index contributed by atoms with van der Waals surface area (Å²) in [6, 6.07) is 0.326. The summed E-state index contributed by atoms with van der Waals surface area (Å²) in [5.41, 5.74) is 5.40. The highest BCUT2D eigenvalue weighted by Crippen LogP contribution is 2.01. The first kappa shape index (κ1) is 17.3. The van der Waals surface area contributed by atoms with Crippen LogP contribution in [-0.4, -0.2) is 65.1 Å². The van der Waals surface area contributed by atoms with E-state index in [0.717, 1.165) is 0 Å². The number of rotatable bonds is 9. The van der Waals surface area contributed by atoms with Gasteiger partial charge in [-0.05, 0) is 13.8 Å². The molecule has 0 aliphatic heterocycles. The van der Waals surface area contributed by atoms with Gasteiger partial charge >= 0.3 is 0 Å². The Labute approximate surface area is 115 Å². The lowest BCUT2D eigenvalue weighted by atomic mass is 10.2. The van der Waals surface area contributed by atoms with Crippen molar-refractivity contribution in [3.8, 4) is 0 Å². The van der Waals surface area contributed by atoms with Crippen molar-refractivity contribution in [3.05, 3.63) is 0 Å². The lowest BCUT2D eigenvalue weighted by Crippen LogP contribution is -2.38. The molecule has 0 aliphatic rings. The van der Waals surface area contributed by atoms with Gasteiger partial charge in [0.1, 0.15) is 0 Å². The van der Waals surface area contributed by atoms with E-state index in [1.807, 2.05) is 0 Å². The molecule has 0 radical (unpaired) electrons. The first-order valence-electron chi connectivity index (χ1n) is 6.25. The van der Waals surface area contributed by atoms with Crippen LogP contribution in [0.5, 0.6) is 0 Å². The van der Waals surface area contributed by atoms with Crippen molar-refractivity contribution in [1.29, 1.82) is 0 Å². The molecule has 18 heavy (non-hydrogen) atoms. The van der Waals surface area contributed by atoms with E-state index < -0.39 is 0 Å². The smallest absolute Gasteiger partial charge is 0.223 e. The van der Waals surface area contributed by atoms with E-state index in [-0.39, 0.29) is 12.5 Å². The van der Waals surface area contributed by atoms with Crippen LogP contribution in [0.4, 0.5) is 0 Å².